The molecule has 8 heteroatoms. The summed E-state index contributed by atoms with van der Waals surface area (Å²) in [6.07, 6.45) is 2.52. The molecular formula is C19H22ClFN2O3S. The summed E-state index contributed by atoms with van der Waals surface area (Å²) in [6.45, 7) is 2.05. The molecule has 0 heterocycles. The zero-order chi connectivity index (χ0) is 20.0. The third-order valence-electron chi connectivity index (χ3n) is 3.96. The predicted octanol–water partition coefficient (Wildman–Crippen LogP) is 3.30. The minimum Gasteiger partial charge on any atom is -0.355 e. The zero-order valence-corrected chi connectivity index (χ0v) is 16.8. The Hall–Kier alpha value is -2.12. The molecule has 2 aromatic carbocycles. The van der Waals surface area contributed by atoms with Gasteiger partial charge in [0.1, 0.15) is 12.4 Å². The third-order valence-corrected chi connectivity index (χ3v) is 5.39. The molecule has 0 aliphatic heterocycles. The van der Waals surface area contributed by atoms with Gasteiger partial charge in [-0.2, -0.15) is 0 Å². The van der Waals surface area contributed by atoms with E-state index in [1.165, 1.54) is 23.3 Å². The van der Waals surface area contributed by atoms with E-state index in [9.17, 15) is 17.6 Å². The molecule has 27 heavy (non-hydrogen) atoms. The first-order valence-corrected chi connectivity index (χ1v) is 10.6. The van der Waals surface area contributed by atoms with Crippen molar-refractivity contribution in [3.05, 3.63) is 64.4 Å². The molecule has 2 aromatic rings. The highest BCUT2D eigenvalue weighted by Crippen LogP contribution is 2.24. The number of amides is 1. The summed E-state index contributed by atoms with van der Waals surface area (Å²) in [6, 6.07) is 11.7. The Kier molecular flexibility index (Phi) is 7.21. The molecule has 0 spiro atoms. The van der Waals surface area contributed by atoms with E-state index in [1.54, 1.807) is 0 Å². The smallest absolute Gasteiger partial charge is 0.240 e. The lowest BCUT2D eigenvalue weighted by atomic mass is 10.1. The van der Waals surface area contributed by atoms with Crippen LogP contribution in [0.25, 0.3) is 0 Å². The van der Waals surface area contributed by atoms with Gasteiger partial charge in [0.05, 0.1) is 17.0 Å². The maximum Gasteiger partial charge on any atom is 0.240 e. The van der Waals surface area contributed by atoms with Gasteiger partial charge in [-0.1, -0.05) is 41.4 Å². The van der Waals surface area contributed by atoms with E-state index in [0.29, 0.717) is 6.54 Å². The van der Waals surface area contributed by atoms with Crippen LogP contribution in [0.4, 0.5) is 10.1 Å². The summed E-state index contributed by atoms with van der Waals surface area (Å²) < 4.78 is 38.2. The number of nitrogens with zero attached hydrogens (tertiary/aromatic N) is 1. The molecule has 0 saturated heterocycles. The van der Waals surface area contributed by atoms with Crippen molar-refractivity contribution in [2.75, 3.05) is 23.7 Å². The summed E-state index contributed by atoms with van der Waals surface area (Å²) in [4.78, 5) is 12.2. The number of sulfonamides is 1. The maximum atomic E-state index is 13.3. The summed E-state index contributed by atoms with van der Waals surface area (Å²) >= 11 is 5.72. The average molecular weight is 413 g/mol. The second-order valence-electron chi connectivity index (χ2n) is 6.31. The maximum absolute atomic E-state index is 13.3. The van der Waals surface area contributed by atoms with Crippen LogP contribution in [0.2, 0.25) is 5.02 Å². The van der Waals surface area contributed by atoms with Crippen LogP contribution in [0, 0.1) is 12.7 Å². The molecule has 0 saturated carbocycles. The van der Waals surface area contributed by atoms with Gasteiger partial charge in [-0.05, 0) is 43.5 Å². The van der Waals surface area contributed by atoms with E-state index in [1.807, 2.05) is 31.2 Å². The summed E-state index contributed by atoms with van der Waals surface area (Å²) in [7, 11) is -3.73. The van der Waals surface area contributed by atoms with E-state index < -0.39 is 28.3 Å². The molecule has 0 unspecified atom stereocenters. The Bertz CT molecular complexity index is 902. The second-order valence-corrected chi connectivity index (χ2v) is 8.62. The van der Waals surface area contributed by atoms with Gasteiger partial charge in [-0.25, -0.2) is 12.8 Å². The lowest BCUT2D eigenvalue weighted by Gasteiger charge is -2.22. The van der Waals surface area contributed by atoms with Gasteiger partial charge < -0.3 is 5.32 Å². The molecule has 0 aliphatic rings. The molecule has 0 bridgehead atoms. The fourth-order valence-corrected chi connectivity index (χ4v) is 3.52. The number of rotatable bonds is 8. The highest BCUT2D eigenvalue weighted by atomic mass is 35.5. The van der Waals surface area contributed by atoms with Crippen molar-refractivity contribution in [3.63, 3.8) is 0 Å². The van der Waals surface area contributed by atoms with E-state index in [-0.39, 0.29) is 10.7 Å². The van der Waals surface area contributed by atoms with Crippen molar-refractivity contribution >= 4 is 33.2 Å². The molecule has 1 N–H and O–H groups in total. The van der Waals surface area contributed by atoms with Crippen molar-refractivity contribution in [2.45, 2.75) is 19.8 Å². The molecule has 0 aliphatic carbocycles. The molecule has 146 valence electrons. The number of benzene rings is 2. The molecule has 2 rings (SSSR count). The van der Waals surface area contributed by atoms with Crippen LogP contribution in [0.15, 0.2) is 42.5 Å². The van der Waals surface area contributed by atoms with E-state index in [4.69, 9.17) is 11.6 Å². The quantitative estimate of drug-likeness (QED) is 0.676. The Morgan fingerprint density at radius 1 is 1.19 bits per heavy atom. The molecule has 0 aromatic heterocycles. The number of aryl methyl sites for hydroxylation is 2. The number of hydrogen-bond donors (Lipinski definition) is 1. The van der Waals surface area contributed by atoms with E-state index in [0.717, 1.165) is 29.5 Å². The number of carbonyl (C=O) groups is 1. The lowest BCUT2D eigenvalue weighted by molar-refractivity contribution is -0.119. The number of hydrogen-bond acceptors (Lipinski definition) is 3. The topological polar surface area (TPSA) is 66.5 Å². The van der Waals surface area contributed by atoms with Crippen molar-refractivity contribution < 1.29 is 17.6 Å². The second kappa shape index (κ2) is 9.19. The van der Waals surface area contributed by atoms with Crippen LogP contribution in [-0.2, 0) is 21.2 Å². The van der Waals surface area contributed by atoms with Crippen LogP contribution in [-0.4, -0.2) is 33.7 Å². The van der Waals surface area contributed by atoms with Gasteiger partial charge in [-0.3, -0.25) is 9.10 Å². The van der Waals surface area contributed by atoms with Gasteiger partial charge in [0.15, 0.2) is 0 Å². The first kappa shape index (κ1) is 21.2. The standard InChI is InChI=1S/C19H22ClFN2O3S/c1-14-5-7-15(8-6-14)4-3-11-22-19(24)13-23(27(2,25)26)16-9-10-18(21)17(20)12-16/h5-10,12H,3-4,11,13H2,1-2H3,(H,22,24). The van der Waals surface area contributed by atoms with Crippen LogP contribution in [0.1, 0.15) is 17.5 Å². The molecule has 1 amide bonds. The number of halogens is 2. The fraction of sp³-hybridized carbons (Fsp3) is 0.316. The Morgan fingerprint density at radius 2 is 1.85 bits per heavy atom. The van der Waals surface area contributed by atoms with Crippen LogP contribution < -0.4 is 9.62 Å². The van der Waals surface area contributed by atoms with Crippen LogP contribution >= 0.6 is 11.6 Å². The van der Waals surface area contributed by atoms with Gasteiger partial charge in [-0.15, -0.1) is 0 Å². The Balaban J connectivity index is 1.92. The largest absolute Gasteiger partial charge is 0.355 e. The first-order valence-electron chi connectivity index (χ1n) is 8.42. The highest BCUT2D eigenvalue weighted by Gasteiger charge is 2.21. The average Bonchev–Trinajstić information content (AvgIpc) is 2.60. The van der Waals surface area contributed by atoms with Gasteiger partial charge >= 0.3 is 0 Å². The highest BCUT2D eigenvalue weighted by molar-refractivity contribution is 7.92. The Morgan fingerprint density at radius 3 is 2.44 bits per heavy atom. The first-order chi connectivity index (χ1) is 12.7. The van der Waals surface area contributed by atoms with Crippen LogP contribution in [0.3, 0.4) is 0 Å². The fourth-order valence-electron chi connectivity index (χ4n) is 2.50. The van der Waals surface area contributed by atoms with Crippen molar-refractivity contribution in [2.24, 2.45) is 0 Å². The van der Waals surface area contributed by atoms with Crippen molar-refractivity contribution in [3.8, 4) is 0 Å². The normalized spacial score (nSPS) is 11.3. The minimum atomic E-state index is -3.73. The zero-order valence-electron chi connectivity index (χ0n) is 15.2. The molecule has 0 fully saturated rings. The van der Waals surface area contributed by atoms with Crippen LogP contribution in [0.5, 0.6) is 0 Å². The third kappa shape index (κ3) is 6.52. The summed E-state index contributed by atoms with van der Waals surface area (Å²) in [5.41, 5.74) is 2.50. The van der Waals surface area contributed by atoms with Gasteiger partial charge in [0.25, 0.3) is 0 Å². The molecule has 0 atom stereocenters. The van der Waals surface area contributed by atoms with E-state index >= 15 is 0 Å². The number of nitrogens with one attached hydrogen (secondary N) is 1. The van der Waals surface area contributed by atoms with Crippen molar-refractivity contribution in [1.29, 1.82) is 0 Å². The summed E-state index contributed by atoms with van der Waals surface area (Å²) in [5.74, 6) is -1.10. The van der Waals surface area contributed by atoms with Crippen molar-refractivity contribution in [1.82, 2.24) is 5.32 Å². The number of anilines is 1. The minimum absolute atomic E-state index is 0.138. The van der Waals surface area contributed by atoms with Gasteiger partial charge in [0.2, 0.25) is 15.9 Å². The summed E-state index contributed by atoms with van der Waals surface area (Å²) in [5, 5.41) is 2.50. The van der Waals surface area contributed by atoms with Gasteiger partial charge in [0, 0.05) is 6.54 Å². The number of carbonyl (C=O) groups excluding carboxylic acids is 1. The SMILES string of the molecule is Cc1ccc(CCCNC(=O)CN(c2ccc(F)c(Cl)c2)S(C)(=O)=O)cc1. The van der Waals surface area contributed by atoms with E-state index in [2.05, 4.69) is 5.32 Å². The molecular weight excluding hydrogens is 391 g/mol. The lowest BCUT2D eigenvalue weighted by Crippen LogP contribution is -2.40. The molecule has 5 nitrogen and oxygen atoms in total. The molecule has 0 radical (unpaired) electrons. The predicted molar refractivity (Wildman–Crippen MR) is 106 cm³/mol. The monoisotopic (exact) mass is 412 g/mol. The Labute approximate surface area is 164 Å².